The van der Waals surface area contributed by atoms with Crippen molar-refractivity contribution in [2.45, 2.75) is 24.2 Å². The van der Waals surface area contributed by atoms with Gasteiger partial charge in [0.2, 0.25) is 5.91 Å². The first-order valence-corrected chi connectivity index (χ1v) is 9.26. The van der Waals surface area contributed by atoms with Crippen molar-refractivity contribution in [1.29, 1.82) is 0 Å². The van der Waals surface area contributed by atoms with E-state index in [1.807, 2.05) is 0 Å². The molecule has 2 aromatic carbocycles. The number of carbonyl (C=O) groups is 3. The Bertz CT molecular complexity index is 921. The highest BCUT2D eigenvalue weighted by Gasteiger charge is 2.48. The fourth-order valence-electron chi connectivity index (χ4n) is 3.47. The fourth-order valence-corrected chi connectivity index (χ4v) is 3.47. The molecular weight excluding hydrogens is 390 g/mol. The lowest BCUT2D eigenvalue weighted by atomic mass is 9.95. The number of benzene rings is 2. The van der Waals surface area contributed by atoms with Crippen LogP contribution in [-0.4, -0.2) is 53.5 Å². The molecule has 0 bridgehead atoms. The minimum atomic E-state index is -1.29. The third-order valence-corrected chi connectivity index (χ3v) is 5.00. The summed E-state index contributed by atoms with van der Waals surface area (Å²) in [5.41, 5.74) is 1.02. The Morgan fingerprint density at radius 3 is 2.13 bits per heavy atom. The van der Waals surface area contributed by atoms with Crippen molar-refractivity contribution in [3.63, 3.8) is 0 Å². The molecule has 9 nitrogen and oxygen atoms in total. The highest BCUT2D eigenvalue weighted by molar-refractivity contribution is 5.96. The number of methoxy groups -OCH3 is 1. The van der Waals surface area contributed by atoms with E-state index in [0.717, 1.165) is 4.90 Å². The summed E-state index contributed by atoms with van der Waals surface area (Å²) in [7, 11) is 1.37. The molecule has 2 N–H and O–H groups in total. The smallest absolute Gasteiger partial charge is 0.329 e. The molecule has 4 atom stereocenters. The number of hydrogen-bond donors (Lipinski definition) is 2. The van der Waals surface area contributed by atoms with E-state index in [-0.39, 0.29) is 6.54 Å². The Kier molecular flexibility index (Phi) is 6.53. The summed E-state index contributed by atoms with van der Waals surface area (Å²) < 4.78 is 5.38. The SMILES string of the molecule is COC(c1ccccc1)C(C(=O)O)N1CC(NC(=O)C(N=O)c2ccccc2)C1=O. The van der Waals surface area contributed by atoms with Crippen molar-refractivity contribution >= 4 is 17.8 Å². The molecular formula is C21H21N3O6. The maximum Gasteiger partial charge on any atom is 0.329 e. The van der Waals surface area contributed by atoms with Crippen molar-refractivity contribution in [3.8, 4) is 0 Å². The second-order valence-corrected chi connectivity index (χ2v) is 6.82. The van der Waals surface area contributed by atoms with Gasteiger partial charge in [0, 0.05) is 7.11 Å². The number of likely N-dealkylation sites (tertiary alicyclic amines) is 1. The van der Waals surface area contributed by atoms with Gasteiger partial charge in [-0.2, -0.15) is 0 Å². The maximum absolute atomic E-state index is 12.6. The van der Waals surface area contributed by atoms with Gasteiger partial charge in [-0.3, -0.25) is 9.59 Å². The van der Waals surface area contributed by atoms with Gasteiger partial charge in [-0.25, -0.2) is 4.79 Å². The number of carboxylic acid groups (broad SMARTS) is 1. The van der Waals surface area contributed by atoms with Crippen LogP contribution in [0.25, 0.3) is 0 Å². The lowest BCUT2D eigenvalue weighted by Crippen LogP contribution is -2.69. The third-order valence-electron chi connectivity index (χ3n) is 5.00. The Hall–Kier alpha value is -3.59. The van der Waals surface area contributed by atoms with Gasteiger partial charge in [-0.1, -0.05) is 65.8 Å². The average Bonchev–Trinajstić information content (AvgIpc) is 2.76. The number of aliphatic carboxylic acids is 1. The standard InChI is InChI=1S/C21H21N3O6/c1-30-18(14-10-6-3-7-11-14)17(21(27)28)24-12-15(20(24)26)22-19(25)16(23-29)13-8-4-2-5-9-13/h2-11,15-18H,12H2,1H3,(H,22,25)(H,27,28). The van der Waals surface area contributed by atoms with Crippen LogP contribution in [0.2, 0.25) is 0 Å². The summed E-state index contributed by atoms with van der Waals surface area (Å²) in [5, 5.41) is 15.1. The molecule has 0 aliphatic carbocycles. The highest BCUT2D eigenvalue weighted by atomic mass is 16.5. The van der Waals surface area contributed by atoms with Crippen molar-refractivity contribution < 1.29 is 24.2 Å². The van der Waals surface area contributed by atoms with Crippen LogP contribution in [0.3, 0.4) is 0 Å². The zero-order chi connectivity index (χ0) is 21.7. The Labute approximate surface area is 172 Å². The van der Waals surface area contributed by atoms with Crippen LogP contribution in [0.1, 0.15) is 23.3 Å². The van der Waals surface area contributed by atoms with E-state index in [1.165, 1.54) is 7.11 Å². The summed E-state index contributed by atoms with van der Waals surface area (Å²) in [6, 6.07) is 13.5. The second kappa shape index (κ2) is 9.27. The molecule has 0 aromatic heterocycles. The van der Waals surface area contributed by atoms with E-state index >= 15 is 0 Å². The number of β-lactam (4-membered cyclic amide) rings is 1. The molecule has 156 valence electrons. The lowest BCUT2D eigenvalue weighted by Gasteiger charge is -2.44. The molecule has 9 heteroatoms. The van der Waals surface area contributed by atoms with Gasteiger partial charge in [0.15, 0.2) is 12.1 Å². The van der Waals surface area contributed by atoms with Gasteiger partial charge in [0.25, 0.3) is 5.91 Å². The van der Waals surface area contributed by atoms with Gasteiger partial charge in [0.1, 0.15) is 12.1 Å². The molecule has 3 rings (SSSR count). The van der Waals surface area contributed by atoms with E-state index in [0.29, 0.717) is 11.1 Å². The fraction of sp³-hybridized carbons (Fsp3) is 0.286. The number of nitroso groups, excluding NO2 is 1. The third kappa shape index (κ3) is 4.20. The lowest BCUT2D eigenvalue weighted by molar-refractivity contribution is -0.166. The number of nitrogens with zero attached hydrogens (tertiary/aromatic N) is 2. The molecule has 1 saturated heterocycles. The molecule has 2 amide bonds. The Balaban J connectivity index is 1.70. The summed E-state index contributed by atoms with van der Waals surface area (Å²) in [5.74, 6) is -2.50. The van der Waals surface area contributed by atoms with Gasteiger partial charge in [0.05, 0.1) is 6.54 Å². The number of ether oxygens (including phenoxy) is 1. The molecule has 30 heavy (non-hydrogen) atoms. The second-order valence-electron chi connectivity index (χ2n) is 6.82. The molecule has 1 heterocycles. The van der Waals surface area contributed by atoms with E-state index in [9.17, 15) is 24.4 Å². The van der Waals surface area contributed by atoms with Crippen LogP contribution in [0.5, 0.6) is 0 Å². The van der Waals surface area contributed by atoms with Crippen LogP contribution in [0.15, 0.2) is 65.8 Å². The highest BCUT2D eigenvalue weighted by Crippen LogP contribution is 2.29. The molecule has 1 aliphatic rings. The zero-order valence-electron chi connectivity index (χ0n) is 16.2. The van der Waals surface area contributed by atoms with Gasteiger partial charge >= 0.3 is 5.97 Å². The van der Waals surface area contributed by atoms with E-state index in [1.54, 1.807) is 60.7 Å². The number of rotatable bonds is 9. The number of amides is 2. The topological polar surface area (TPSA) is 125 Å². The number of nitrogens with one attached hydrogen (secondary N) is 1. The molecule has 2 aromatic rings. The largest absolute Gasteiger partial charge is 0.480 e. The summed E-state index contributed by atoms with van der Waals surface area (Å²) in [6.07, 6.45) is -0.877. The molecule has 4 unspecified atom stereocenters. The van der Waals surface area contributed by atoms with Crippen LogP contribution in [0.4, 0.5) is 0 Å². The van der Waals surface area contributed by atoms with Crippen LogP contribution in [0, 0.1) is 4.91 Å². The van der Waals surface area contributed by atoms with Gasteiger partial charge in [-0.15, -0.1) is 4.91 Å². The normalized spacial score (nSPS) is 18.6. The maximum atomic E-state index is 12.6. The number of carboxylic acids is 1. The summed E-state index contributed by atoms with van der Waals surface area (Å²) in [6.45, 7) is -0.0192. The quantitative estimate of drug-likeness (QED) is 0.478. The van der Waals surface area contributed by atoms with Crippen molar-refractivity contribution in [3.05, 3.63) is 76.7 Å². The zero-order valence-corrected chi connectivity index (χ0v) is 16.2. The van der Waals surface area contributed by atoms with Crippen LogP contribution >= 0.6 is 0 Å². The monoisotopic (exact) mass is 411 g/mol. The van der Waals surface area contributed by atoms with Gasteiger partial charge in [-0.05, 0) is 11.1 Å². The minimum Gasteiger partial charge on any atom is -0.480 e. The van der Waals surface area contributed by atoms with Gasteiger partial charge < -0.3 is 20.1 Å². The predicted molar refractivity (Wildman–Crippen MR) is 106 cm³/mol. The molecule has 0 saturated carbocycles. The summed E-state index contributed by atoms with van der Waals surface area (Å²) in [4.78, 5) is 49.3. The van der Waals surface area contributed by atoms with Crippen molar-refractivity contribution in [2.75, 3.05) is 13.7 Å². The molecule has 1 aliphatic heterocycles. The van der Waals surface area contributed by atoms with E-state index < -0.39 is 42.0 Å². The average molecular weight is 411 g/mol. The summed E-state index contributed by atoms with van der Waals surface area (Å²) >= 11 is 0. The predicted octanol–water partition coefficient (Wildman–Crippen LogP) is 1.66. The molecule has 0 radical (unpaired) electrons. The Morgan fingerprint density at radius 2 is 1.67 bits per heavy atom. The van der Waals surface area contributed by atoms with Crippen LogP contribution in [-0.2, 0) is 19.1 Å². The first kappa shape index (κ1) is 21.1. The van der Waals surface area contributed by atoms with E-state index in [2.05, 4.69) is 10.5 Å². The first-order chi connectivity index (χ1) is 14.5. The number of hydrogen-bond acceptors (Lipinski definition) is 6. The van der Waals surface area contributed by atoms with E-state index in [4.69, 9.17) is 4.74 Å². The van der Waals surface area contributed by atoms with Crippen molar-refractivity contribution in [2.24, 2.45) is 5.18 Å². The van der Waals surface area contributed by atoms with Crippen LogP contribution < -0.4 is 5.32 Å². The Morgan fingerprint density at radius 1 is 1.10 bits per heavy atom. The first-order valence-electron chi connectivity index (χ1n) is 9.26. The molecule has 1 fully saturated rings. The minimum absolute atomic E-state index is 0.0192. The molecule has 0 spiro atoms. The van der Waals surface area contributed by atoms with Crippen molar-refractivity contribution in [1.82, 2.24) is 10.2 Å². The number of carbonyl (C=O) groups excluding carboxylic acids is 2.